The van der Waals surface area contributed by atoms with Gasteiger partial charge >= 0.3 is 5.56 Å². The van der Waals surface area contributed by atoms with Crippen molar-refractivity contribution < 1.29 is 13.9 Å². The van der Waals surface area contributed by atoms with Crippen molar-refractivity contribution >= 4 is 17.4 Å². The first-order valence-corrected chi connectivity index (χ1v) is 8.09. The van der Waals surface area contributed by atoms with Gasteiger partial charge in [0.25, 0.3) is 0 Å². The second-order valence-corrected chi connectivity index (χ2v) is 6.05. The van der Waals surface area contributed by atoms with Crippen LogP contribution in [0.3, 0.4) is 0 Å². The smallest absolute Gasteiger partial charge is 0.314 e. The van der Waals surface area contributed by atoms with Gasteiger partial charge in [0.2, 0.25) is 0 Å². The molecule has 3 rings (SSSR count). The first-order chi connectivity index (χ1) is 12.4. The Kier molecular flexibility index (Phi) is 4.86. The van der Waals surface area contributed by atoms with Gasteiger partial charge in [-0.05, 0) is 49.4 Å². The summed E-state index contributed by atoms with van der Waals surface area (Å²) in [4.78, 5) is 24.9. The number of hydrogen-bond donors (Lipinski definition) is 0. The van der Waals surface area contributed by atoms with Crippen molar-refractivity contribution in [2.45, 2.75) is 13.8 Å². The van der Waals surface area contributed by atoms with E-state index in [2.05, 4.69) is 5.10 Å². The Labute approximate surface area is 153 Å². The van der Waals surface area contributed by atoms with Crippen molar-refractivity contribution in [2.75, 3.05) is 0 Å². The van der Waals surface area contributed by atoms with Crippen molar-refractivity contribution in [1.82, 2.24) is 9.78 Å². The number of aromatic nitrogens is 2. The lowest BCUT2D eigenvalue weighted by atomic mass is 10.1. The van der Waals surface area contributed by atoms with Crippen molar-refractivity contribution in [3.05, 3.63) is 81.0 Å². The third-order valence-corrected chi connectivity index (χ3v) is 3.94. The highest BCUT2D eigenvalue weighted by Crippen LogP contribution is 2.24. The van der Waals surface area contributed by atoms with Gasteiger partial charge in [-0.2, -0.15) is 9.78 Å². The highest BCUT2D eigenvalue weighted by Gasteiger charge is 2.20. The molecular weight excluding hydrogens is 359 g/mol. The van der Waals surface area contributed by atoms with Crippen LogP contribution in [0.25, 0.3) is 5.69 Å². The fourth-order valence-corrected chi connectivity index (χ4v) is 2.63. The molecule has 132 valence electrons. The summed E-state index contributed by atoms with van der Waals surface area (Å²) in [7, 11) is 0. The van der Waals surface area contributed by atoms with Crippen molar-refractivity contribution in [1.29, 1.82) is 0 Å². The van der Waals surface area contributed by atoms with Gasteiger partial charge in [-0.1, -0.05) is 17.7 Å². The molecule has 0 fully saturated rings. The summed E-state index contributed by atoms with van der Waals surface area (Å²) in [6.45, 7) is 2.93. The van der Waals surface area contributed by atoms with E-state index in [1.54, 1.807) is 31.2 Å². The second-order valence-electron chi connectivity index (χ2n) is 5.61. The minimum atomic E-state index is -0.556. The molecule has 0 aliphatic carbocycles. The van der Waals surface area contributed by atoms with Crippen LogP contribution in [0.4, 0.5) is 4.39 Å². The lowest BCUT2D eigenvalue weighted by Gasteiger charge is -2.14. The molecular formula is C19H14ClFN2O3. The number of hydrogen-bond acceptors (Lipinski definition) is 4. The molecule has 2 aromatic carbocycles. The topological polar surface area (TPSA) is 61.2 Å². The number of carbonyl (C=O) groups excluding carboxylic acids is 1. The molecule has 26 heavy (non-hydrogen) atoms. The predicted molar refractivity (Wildman–Crippen MR) is 96.1 cm³/mol. The van der Waals surface area contributed by atoms with Crippen LogP contribution >= 0.6 is 11.6 Å². The van der Waals surface area contributed by atoms with Gasteiger partial charge in [0.05, 0.1) is 5.69 Å². The second kappa shape index (κ2) is 7.09. The van der Waals surface area contributed by atoms with Crippen LogP contribution in [-0.4, -0.2) is 15.6 Å². The van der Waals surface area contributed by atoms with E-state index in [1.165, 1.54) is 31.2 Å². The number of benzene rings is 2. The zero-order valence-corrected chi connectivity index (χ0v) is 14.7. The number of nitrogens with zero attached hydrogens (tertiary/aromatic N) is 2. The Morgan fingerprint density at radius 1 is 1.19 bits per heavy atom. The summed E-state index contributed by atoms with van der Waals surface area (Å²) in [5.41, 5.74) is 0.250. The summed E-state index contributed by atoms with van der Waals surface area (Å²) in [5.74, 6) is -0.534. The average molecular weight is 373 g/mol. The molecule has 0 aliphatic rings. The van der Waals surface area contributed by atoms with Gasteiger partial charge < -0.3 is 4.74 Å². The minimum Gasteiger partial charge on any atom is -0.451 e. The maximum atomic E-state index is 13.1. The number of ketones is 1. The average Bonchev–Trinajstić information content (AvgIpc) is 2.60. The Balaban J connectivity index is 2.21. The Morgan fingerprint density at radius 2 is 1.88 bits per heavy atom. The monoisotopic (exact) mass is 372 g/mol. The van der Waals surface area contributed by atoms with Crippen LogP contribution in [-0.2, 0) is 0 Å². The van der Waals surface area contributed by atoms with Crippen LogP contribution in [0.5, 0.6) is 11.5 Å². The van der Waals surface area contributed by atoms with Crippen molar-refractivity contribution in [3.8, 4) is 17.2 Å². The van der Waals surface area contributed by atoms with Gasteiger partial charge in [-0.3, -0.25) is 9.59 Å². The third-order valence-electron chi connectivity index (χ3n) is 3.70. The lowest BCUT2D eigenvalue weighted by molar-refractivity contribution is 0.101. The molecule has 0 saturated carbocycles. The highest BCUT2D eigenvalue weighted by molar-refractivity contribution is 6.30. The molecule has 0 radical (unpaired) electrons. The summed E-state index contributed by atoms with van der Waals surface area (Å²) < 4.78 is 19.8. The molecule has 0 saturated heterocycles. The van der Waals surface area contributed by atoms with Crippen LogP contribution in [0.1, 0.15) is 23.0 Å². The molecule has 0 N–H and O–H groups in total. The van der Waals surface area contributed by atoms with Gasteiger partial charge in [0, 0.05) is 17.5 Å². The van der Waals surface area contributed by atoms with Crippen LogP contribution in [0.15, 0.2) is 53.3 Å². The zero-order valence-electron chi connectivity index (χ0n) is 14.0. The highest BCUT2D eigenvalue weighted by atomic mass is 35.5. The van der Waals surface area contributed by atoms with E-state index >= 15 is 0 Å². The molecule has 0 bridgehead atoms. The summed E-state index contributed by atoms with van der Waals surface area (Å²) >= 11 is 5.99. The molecule has 0 spiro atoms. The predicted octanol–water partition coefficient (Wildman–Crippen LogP) is 4.33. The summed E-state index contributed by atoms with van der Waals surface area (Å²) in [5, 5.41) is 4.57. The summed E-state index contributed by atoms with van der Waals surface area (Å²) in [6, 6.07) is 11.7. The third kappa shape index (κ3) is 3.50. The maximum absolute atomic E-state index is 13.1. The summed E-state index contributed by atoms with van der Waals surface area (Å²) in [6.07, 6.45) is 0. The number of halogens is 2. The van der Waals surface area contributed by atoms with Gasteiger partial charge in [0.1, 0.15) is 17.3 Å². The minimum absolute atomic E-state index is 0.0585. The van der Waals surface area contributed by atoms with Gasteiger partial charge in [-0.25, -0.2) is 4.39 Å². The number of carbonyl (C=O) groups is 1. The van der Waals surface area contributed by atoms with Crippen molar-refractivity contribution in [3.63, 3.8) is 0 Å². The fourth-order valence-electron chi connectivity index (χ4n) is 2.44. The van der Waals surface area contributed by atoms with E-state index < -0.39 is 11.4 Å². The van der Waals surface area contributed by atoms with E-state index in [-0.39, 0.29) is 23.0 Å². The van der Waals surface area contributed by atoms with E-state index in [9.17, 15) is 14.0 Å². The van der Waals surface area contributed by atoms with Crippen LogP contribution < -0.4 is 10.3 Å². The van der Waals surface area contributed by atoms with Crippen LogP contribution in [0, 0.1) is 12.7 Å². The molecule has 3 aromatic rings. The molecule has 7 heteroatoms. The molecule has 0 amide bonds. The Morgan fingerprint density at radius 3 is 2.50 bits per heavy atom. The number of Topliss-reactive ketones (excluding diaryl/α,β-unsaturated/α-hetero) is 1. The standard InChI is InChI=1S/C19H14ClFN2O3/c1-11-17(12(2)24)22-23(15-5-3-4-13(20)10-15)19(25)18(11)26-16-8-6-14(21)7-9-16/h3-10H,1-2H3. The Bertz CT molecular complexity index is 1050. The molecule has 0 unspecified atom stereocenters. The van der Waals surface area contributed by atoms with E-state index in [1.807, 2.05) is 0 Å². The van der Waals surface area contributed by atoms with Gasteiger partial charge in [0.15, 0.2) is 11.5 Å². The van der Waals surface area contributed by atoms with Crippen LogP contribution in [0.2, 0.25) is 5.02 Å². The SMILES string of the molecule is CC(=O)c1nn(-c2cccc(Cl)c2)c(=O)c(Oc2ccc(F)cc2)c1C. The van der Waals surface area contributed by atoms with E-state index in [0.717, 1.165) is 4.68 Å². The number of rotatable bonds is 4. The first-order valence-electron chi connectivity index (χ1n) is 7.71. The van der Waals surface area contributed by atoms with E-state index in [4.69, 9.17) is 16.3 Å². The number of ether oxygens (including phenoxy) is 1. The Hall–Kier alpha value is -2.99. The molecule has 0 aliphatic heterocycles. The first kappa shape index (κ1) is 17.8. The van der Waals surface area contributed by atoms with E-state index in [0.29, 0.717) is 16.3 Å². The van der Waals surface area contributed by atoms with Gasteiger partial charge in [-0.15, -0.1) is 0 Å². The zero-order chi connectivity index (χ0) is 18.8. The molecule has 1 heterocycles. The molecule has 0 atom stereocenters. The maximum Gasteiger partial charge on any atom is 0.314 e. The van der Waals surface area contributed by atoms with Crippen molar-refractivity contribution in [2.24, 2.45) is 0 Å². The fraction of sp³-hybridized carbons (Fsp3) is 0.105. The molecule has 5 nitrogen and oxygen atoms in total. The normalized spacial score (nSPS) is 10.6. The largest absolute Gasteiger partial charge is 0.451 e. The lowest BCUT2D eigenvalue weighted by Crippen LogP contribution is -2.26. The quantitative estimate of drug-likeness (QED) is 0.639. The molecule has 1 aromatic heterocycles.